The number of aliphatic hydroxyl groups excluding tert-OH is 1. The van der Waals surface area contributed by atoms with Crippen LogP contribution in [0.1, 0.15) is 30.1 Å². The second kappa shape index (κ2) is 13.9. The van der Waals surface area contributed by atoms with Crippen LogP contribution in [0.4, 0.5) is 23.7 Å². The molecule has 2 fully saturated rings. The van der Waals surface area contributed by atoms with Gasteiger partial charge >= 0.3 is 12.3 Å². The predicted octanol–water partition coefficient (Wildman–Crippen LogP) is 3.53. The molecular formula is C30H36F3N3O7. The normalized spacial score (nSPS) is 19.9. The molecule has 2 saturated heterocycles. The Balaban J connectivity index is 1.20. The minimum atomic E-state index is -4.62. The van der Waals surface area contributed by atoms with Gasteiger partial charge in [-0.1, -0.05) is 30.3 Å². The molecule has 2 aromatic rings. The number of morpholine rings is 1. The number of halogens is 3. The number of fused-ring (bicyclic) bond motifs is 1. The summed E-state index contributed by atoms with van der Waals surface area (Å²) in [5, 5.41) is 10.3. The number of piperidine rings is 1. The van der Waals surface area contributed by atoms with Crippen molar-refractivity contribution < 1.29 is 46.8 Å². The van der Waals surface area contributed by atoms with Crippen LogP contribution in [0, 0.1) is 0 Å². The van der Waals surface area contributed by atoms with E-state index >= 15 is 0 Å². The number of anilines is 1. The summed E-state index contributed by atoms with van der Waals surface area (Å²) in [6.45, 7) is 2.26. The number of ether oxygens (including phenoxy) is 4. The molecule has 0 spiro atoms. The maximum Gasteiger partial charge on any atom is 0.414 e. The zero-order valence-electron chi connectivity index (χ0n) is 23.7. The lowest BCUT2D eigenvalue weighted by Crippen LogP contribution is -2.51. The van der Waals surface area contributed by atoms with Crippen molar-refractivity contribution in [3.63, 3.8) is 0 Å². The van der Waals surface area contributed by atoms with E-state index in [1.807, 2.05) is 24.3 Å². The number of β-amino-alcohol motifs (C(OH)–C–C–N with tert-alkyl or cyclic N) is 1. The molecule has 13 heteroatoms. The largest absolute Gasteiger partial charge is 0.491 e. The van der Waals surface area contributed by atoms with E-state index in [9.17, 15) is 27.9 Å². The third kappa shape index (κ3) is 8.17. The summed E-state index contributed by atoms with van der Waals surface area (Å²) in [5.74, 6) is -0.180. The number of hydrogen-bond donors (Lipinski definition) is 1. The molecule has 234 valence electrons. The van der Waals surface area contributed by atoms with E-state index < -0.39 is 37.0 Å². The van der Waals surface area contributed by atoms with Gasteiger partial charge in [0, 0.05) is 44.3 Å². The summed E-state index contributed by atoms with van der Waals surface area (Å²) in [6, 6.07) is 13.3. The molecule has 2 unspecified atom stereocenters. The lowest BCUT2D eigenvalue weighted by molar-refractivity contribution is -0.191. The van der Waals surface area contributed by atoms with Crippen LogP contribution in [-0.4, -0.2) is 104 Å². The third-order valence-corrected chi connectivity index (χ3v) is 7.78. The highest BCUT2D eigenvalue weighted by atomic mass is 19.4. The van der Waals surface area contributed by atoms with Gasteiger partial charge in [0.15, 0.2) is 6.10 Å². The number of carbonyl (C=O) groups is 2. The van der Waals surface area contributed by atoms with Crippen LogP contribution in [0.3, 0.4) is 0 Å². The zero-order chi connectivity index (χ0) is 30.4. The summed E-state index contributed by atoms with van der Waals surface area (Å²) in [6.07, 6.45) is -6.41. The van der Waals surface area contributed by atoms with E-state index in [0.29, 0.717) is 38.3 Å². The molecular weight excluding hydrogens is 571 g/mol. The fourth-order valence-electron chi connectivity index (χ4n) is 5.58. The van der Waals surface area contributed by atoms with Crippen LogP contribution in [0.5, 0.6) is 5.75 Å². The van der Waals surface area contributed by atoms with Crippen molar-refractivity contribution in [2.75, 3.05) is 64.1 Å². The van der Waals surface area contributed by atoms with Crippen molar-refractivity contribution in [1.82, 2.24) is 9.80 Å². The van der Waals surface area contributed by atoms with E-state index in [1.165, 1.54) is 17.0 Å². The van der Waals surface area contributed by atoms with Crippen LogP contribution in [0.25, 0.3) is 0 Å². The number of aliphatic hydroxyl groups is 1. The first-order valence-corrected chi connectivity index (χ1v) is 14.4. The Hall–Kier alpha value is -3.39. The summed E-state index contributed by atoms with van der Waals surface area (Å²) >= 11 is 0. The third-order valence-electron chi connectivity index (χ3n) is 7.78. The predicted molar refractivity (Wildman–Crippen MR) is 149 cm³/mol. The number of hydrogen-bond acceptors (Lipinski definition) is 8. The molecule has 2 aromatic carbocycles. The fraction of sp³-hybridized carbons (Fsp3) is 0.533. The minimum Gasteiger partial charge on any atom is -0.491 e. The molecule has 3 aliphatic heterocycles. The molecule has 2 atom stereocenters. The standard InChI is InChI=1S/C30H36F3N3O7/c31-30(32,33)20-43-27(21-5-7-25(8-6-21)41-19-24(37)17-34-13-15-40-16-14-34)28(38)35-11-9-23(10-12-35)36-26-4-2-1-3-22(26)18-42-29(36)39/h1-8,23-24,27,37H,9-20H2. The van der Waals surface area contributed by atoms with E-state index in [1.54, 1.807) is 17.0 Å². The number of amides is 2. The van der Waals surface area contributed by atoms with Crippen LogP contribution in [-0.2, 0) is 25.6 Å². The molecule has 0 saturated carbocycles. The fourth-order valence-corrected chi connectivity index (χ4v) is 5.58. The molecule has 0 aliphatic carbocycles. The first kappa shape index (κ1) is 31.0. The topological polar surface area (TPSA) is 101 Å². The van der Waals surface area contributed by atoms with Gasteiger partial charge in [0.1, 0.15) is 31.7 Å². The quantitative estimate of drug-likeness (QED) is 0.438. The molecule has 3 aliphatic rings. The van der Waals surface area contributed by atoms with Gasteiger partial charge in [-0.15, -0.1) is 0 Å². The minimum absolute atomic E-state index is 0.0353. The second-order valence-electron chi connectivity index (χ2n) is 10.9. The average molecular weight is 608 g/mol. The lowest BCUT2D eigenvalue weighted by atomic mass is 9.99. The number of nitrogens with zero attached hydrogens (tertiary/aromatic N) is 3. The van der Waals surface area contributed by atoms with Crippen molar-refractivity contribution in [3.8, 4) is 5.75 Å². The number of alkyl halides is 3. The SMILES string of the molecule is O=C(C(OCC(F)(F)F)c1ccc(OCC(O)CN2CCOCC2)cc1)N1CCC(N2C(=O)OCc3ccccc32)CC1. The first-order chi connectivity index (χ1) is 20.7. The van der Waals surface area contributed by atoms with E-state index in [4.69, 9.17) is 18.9 Å². The van der Waals surface area contributed by atoms with Crippen LogP contribution >= 0.6 is 0 Å². The van der Waals surface area contributed by atoms with Crippen molar-refractivity contribution >= 4 is 17.7 Å². The molecule has 10 nitrogen and oxygen atoms in total. The highest BCUT2D eigenvalue weighted by Crippen LogP contribution is 2.33. The zero-order valence-corrected chi connectivity index (χ0v) is 23.7. The molecule has 3 heterocycles. The summed E-state index contributed by atoms with van der Waals surface area (Å²) in [5.41, 5.74) is 1.91. The number of para-hydroxylation sites is 1. The Morgan fingerprint density at radius 3 is 2.42 bits per heavy atom. The highest BCUT2D eigenvalue weighted by Gasteiger charge is 2.38. The maximum absolute atomic E-state index is 13.5. The number of likely N-dealkylation sites (tertiary alicyclic amines) is 1. The highest BCUT2D eigenvalue weighted by molar-refractivity contribution is 5.91. The number of benzene rings is 2. The van der Waals surface area contributed by atoms with Gasteiger partial charge in [0.2, 0.25) is 0 Å². The molecule has 0 bridgehead atoms. The number of rotatable bonds is 10. The summed E-state index contributed by atoms with van der Waals surface area (Å²) in [7, 11) is 0. The van der Waals surface area contributed by atoms with Gasteiger partial charge in [-0.3, -0.25) is 14.6 Å². The lowest BCUT2D eigenvalue weighted by Gasteiger charge is -2.40. The van der Waals surface area contributed by atoms with Crippen molar-refractivity contribution in [2.24, 2.45) is 0 Å². The van der Waals surface area contributed by atoms with Gasteiger partial charge in [-0.2, -0.15) is 13.2 Å². The number of carbonyl (C=O) groups excluding carboxylic acids is 2. The Kier molecular flexibility index (Phi) is 10.1. The van der Waals surface area contributed by atoms with Gasteiger partial charge < -0.3 is 29.0 Å². The molecule has 2 amide bonds. The van der Waals surface area contributed by atoms with E-state index in [-0.39, 0.29) is 37.9 Å². The Morgan fingerprint density at radius 2 is 1.72 bits per heavy atom. The Morgan fingerprint density at radius 1 is 1.02 bits per heavy atom. The van der Waals surface area contributed by atoms with Crippen LogP contribution < -0.4 is 9.64 Å². The molecule has 0 aromatic heterocycles. The first-order valence-electron chi connectivity index (χ1n) is 14.4. The monoisotopic (exact) mass is 607 g/mol. The van der Waals surface area contributed by atoms with E-state index in [0.717, 1.165) is 24.3 Å². The maximum atomic E-state index is 13.5. The summed E-state index contributed by atoms with van der Waals surface area (Å²) in [4.78, 5) is 31.3. The van der Waals surface area contributed by atoms with Gasteiger partial charge in [0.05, 0.1) is 18.9 Å². The van der Waals surface area contributed by atoms with E-state index in [2.05, 4.69) is 4.90 Å². The van der Waals surface area contributed by atoms with Gasteiger partial charge in [-0.25, -0.2) is 4.79 Å². The second-order valence-corrected chi connectivity index (χ2v) is 10.9. The van der Waals surface area contributed by atoms with Gasteiger partial charge in [-0.05, 0) is 36.6 Å². The molecule has 43 heavy (non-hydrogen) atoms. The molecule has 1 N–H and O–H groups in total. The van der Waals surface area contributed by atoms with Gasteiger partial charge in [0.25, 0.3) is 5.91 Å². The average Bonchev–Trinajstić information content (AvgIpc) is 3.00. The van der Waals surface area contributed by atoms with Crippen molar-refractivity contribution in [1.29, 1.82) is 0 Å². The number of cyclic esters (lactones) is 1. The Bertz CT molecular complexity index is 1230. The molecule has 5 rings (SSSR count). The van der Waals surface area contributed by atoms with Crippen molar-refractivity contribution in [3.05, 3.63) is 59.7 Å². The molecule has 0 radical (unpaired) electrons. The van der Waals surface area contributed by atoms with Crippen molar-refractivity contribution in [2.45, 2.75) is 43.9 Å². The smallest absolute Gasteiger partial charge is 0.414 e. The Labute approximate surface area is 247 Å². The summed E-state index contributed by atoms with van der Waals surface area (Å²) < 4.78 is 60.8. The van der Waals surface area contributed by atoms with Crippen LogP contribution in [0.15, 0.2) is 48.5 Å². The van der Waals surface area contributed by atoms with Crippen LogP contribution in [0.2, 0.25) is 0 Å².